The highest BCUT2D eigenvalue weighted by Crippen LogP contribution is 2.27. The molecule has 1 heterocycles. The number of alkyl halides is 1. The van der Waals surface area contributed by atoms with Gasteiger partial charge in [0.05, 0.1) is 7.11 Å². The summed E-state index contributed by atoms with van der Waals surface area (Å²) in [5.41, 5.74) is 2.43. The number of ether oxygens (including phenoxy) is 1. The molecule has 0 radical (unpaired) electrons. The van der Waals surface area contributed by atoms with E-state index < -0.39 is 0 Å². The maximum atomic E-state index is 5.12. The molecule has 0 N–H and O–H groups in total. The maximum Gasteiger partial charge on any atom is 0.215 e. The molecule has 0 unspecified atom stereocenters. The molecule has 14 heavy (non-hydrogen) atoms. The summed E-state index contributed by atoms with van der Waals surface area (Å²) in [6, 6.07) is 2.13. The maximum absolute atomic E-state index is 5.12. The minimum Gasteiger partial charge on any atom is -0.481 e. The van der Waals surface area contributed by atoms with Crippen LogP contribution in [0.15, 0.2) is 12.3 Å². The molecule has 0 amide bonds. The summed E-state index contributed by atoms with van der Waals surface area (Å²) in [4.78, 5) is 4.27. The molecule has 0 bridgehead atoms. The average molecular weight is 258 g/mol. The third kappa shape index (κ3) is 2.27. The summed E-state index contributed by atoms with van der Waals surface area (Å²) >= 11 is 3.51. The van der Waals surface area contributed by atoms with Crippen LogP contribution >= 0.6 is 15.9 Å². The zero-order valence-corrected chi connectivity index (χ0v) is 10.7. The zero-order chi connectivity index (χ0) is 10.8. The van der Waals surface area contributed by atoms with Crippen molar-refractivity contribution in [3.8, 4) is 5.88 Å². The van der Waals surface area contributed by atoms with Crippen molar-refractivity contribution in [2.24, 2.45) is 0 Å². The summed E-state index contributed by atoms with van der Waals surface area (Å²) in [5.74, 6) is 0.708. The van der Waals surface area contributed by atoms with Gasteiger partial charge in [-0.1, -0.05) is 29.8 Å². The molecular weight excluding hydrogens is 242 g/mol. The van der Waals surface area contributed by atoms with Crippen molar-refractivity contribution >= 4 is 15.9 Å². The lowest BCUT2D eigenvalue weighted by molar-refractivity contribution is 0.393. The van der Waals surface area contributed by atoms with Gasteiger partial charge in [0.1, 0.15) is 0 Å². The van der Waals surface area contributed by atoms with Crippen molar-refractivity contribution in [1.29, 1.82) is 0 Å². The predicted octanol–water partition coefficient (Wildman–Crippen LogP) is 3.07. The SMILES string of the molecule is COc1ncc(C(C)(C)CBr)cc1C. The fraction of sp³-hybridized carbons (Fsp3) is 0.545. The van der Waals surface area contributed by atoms with Gasteiger partial charge in [-0.05, 0) is 18.6 Å². The number of aromatic nitrogens is 1. The Morgan fingerprint density at radius 1 is 1.50 bits per heavy atom. The van der Waals surface area contributed by atoms with Crippen LogP contribution in [0.4, 0.5) is 0 Å². The summed E-state index contributed by atoms with van der Waals surface area (Å²) in [5, 5.41) is 0.924. The number of halogens is 1. The third-order valence-corrected chi connectivity index (χ3v) is 3.74. The van der Waals surface area contributed by atoms with Crippen molar-refractivity contribution in [3.63, 3.8) is 0 Å². The molecule has 1 rings (SSSR count). The third-order valence-electron chi connectivity index (χ3n) is 2.34. The second-order valence-electron chi connectivity index (χ2n) is 4.07. The van der Waals surface area contributed by atoms with E-state index in [1.54, 1.807) is 7.11 Å². The van der Waals surface area contributed by atoms with E-state index in [0.717, 1.165) is 10.9 Å². The van der Waals surface area contributed by atoms with Crippen molar-refractivity contribution in [2.75, 3.05) is 12.4 Å². The van der Waals surface area contributed by atoms with Crippen LogP contribution in [0.5, 0.6) is 5.88 Å². The zero-order valence-electron chi connectivity index (χ0n) is 9.10. The first-order valence-corrected chi connectivity index (χ1v) is 5.70. The summed E-state index contributed by atoms with van der Waals surface area (Å²) in [7, 11) is 1.64. The number of nitrogens with zero attached hydrogens (tertiary/aromatic N) is 1. The Labute approximate surface area is 93.8 Å². The largest absolute Gasteiger partial charge is 0.481 e. The molecule has 0 aliphatic rings. The van der Waals surface area contributed by atoms with E-state index in [0.29, 0.717) is 5.88 Å². The molecule has 2 nitrogen and oxygen atoms in total. The topological polar surface area (TPSA) is 22.1 Å². The monoisotopic (exact) mass is 257 g/mol. The Balaban J connectivity index is 3.08. The van der Waals surface area contributed by atoms with Gasteiger partial charge in [-0.25, -0.2) is 4.98 Å². The Morgan fingerprint density at radius 3 is 2.57 bits per heavy atom. The Kier molecular flexibility index (Phi) is 3.53. The highest BCUT2D eigenvalue weighted by atomic mass is 79.9. The van der Waals surface area contributed by atoms with Gasteiger partial charge in [-0.3, -0.25) is 0 Å². The molecule has 0 saturated carbocycles. The molecule has 0 fully saturated rings. The highest BCUT2D eigenvalue weighted by Gasteiger charge is 2.20. The van der Waals surface area contributed by atoms with Gasteiger partial charge in [-0.15, -0.1) is 0 Å². The quantitative estimate of drug-likeness (QED) is 0.777. The molecule has 0 aliphatic carbocycles. The first-order chi connectivity index (χ1) is 6.51. The Morgan fingerprint density at radius 2 is 2.14 bits per heavy atom. The van der Waals surface area contributed by atoms with Crippen LogP contribution in [0.3, 0.4) is 0 Å². The smallest absolute Gasteiger partial charge is 0.215 e. The van der Waals surface area contributed by atoms with Crippen LogP contribution in [0, 0.1) is 6.92 Å². The fourth-order valence-corrected chi connectivity index (χ4v) is 1.55. The van der Waals surface area contributed by atoms with Crippen LogP contribution < -0.4 is 4.74 Å². The van der Waals surface area contributed by atoms with Gasteiger partial charge < -0.3 is 4.74 Å². The minimum absolute atomic E-state index is 0.115. The second-order valence-corrected chi connectivity index (χ2v) is 4.63. The standard InChI is InChI=1S/C11H16BrNO/c1-8-5-9(11(2,3)7-12)6-13-10(8)14-4/h5-6H,7H2,1-4H3. The minimum atomic E-state index is 0.115. The van der Waals surface area contributed by atoms with Crippen molar-refractivity contribution in [3.05, 3.63) is 23.4 Å². The molecule has 0 spiro atoms. The van der Waals surface area contributed by atoms with Gasteiger partial charge in [0, 0.05) is 22.5 Å². The van der Waals surface area contributed by atoms with Crippen LogP contribution in [0.25, 0.3) is 0 Å². The molecule has 0 aromatic carbocycles. The first-order valence-electron chi connectivity index (χ1n) is 4.58. The first kappa shape index (κ1) is 11.5. The number of aryl methyl sites for hydroxylation is 1. The van der Waals surface area contributed by atoms with E-state index >= 15 is 0 Å². The van der Waals surface area contributed by atoms with Crippen LogP contribution in [0.2, 0.25) is 0 Å². The van der Waals surface area contributed by atoms with Gasteiger partial charge in [0.15, 0.2) is 0 Å². The highest BCUT2D eigenvalue weighted by molar-refractivity contribution is 9.09. The molecule has 0 atom stereocenters. The normalized spacial score (nSPS) is 11.5. The average Bonchev–Trinajstić information content (AvgIpc) is 2.17. The molecule has 1 aromatic heterocycles. The summed E-state index contributed by atoms with van der Waals surface area (Å²) < 4.78 is 5.12. The van der Waals surface area contributed by atoms with Gasteiger partial charge in [0.2, 0.25) is 5.88 Å². The van der Waals surface area contributed by atoms with E-state index in [1.165, 1.54) is 5.56 Å². The lowest BCUT2D eigenvalue weighted by atomic mass is 9.87. The van der Waals surface area contributed by atoms with Crippen LogP contribution in [-0.2, 0) is 5.41 Å². The molecule has 3 heteroatoms. The van der Waals surface area contributed by atoms with Crippen molar-refractivity contribution in [1.82, 2.24) is 4.98 Å². The number of hydrogen-bond acceptors (Lipinski definition) is 2. The lowest BCUT2D eigenvalue weighted by Crippen LogP contribution is -2.19. The predicted molar refractivity (Wildman–Crippen MR) is 62.3 cm³/mol. The van der Waals surface area contributed by atoms with Crippen LogP contribution in [-0.4, -0.2) is 17.4 Å². The summed E-state index contributed by atoms with van der Waals surface area (Å²) in [6.07, 6.45) is 1.88. The number of rotatable bonds is 3. The van der Waals surface area contributed by atoms with E-state index in [2.05, 4.69) is 40.8 Å². The lowest BCUT2D eigenvalue weighted by Gasteiger charge is -2.22. The fourth-order valence-electron chi connectivity index (χ4n) is 1.22. The Bertz CT molecular complexity index is 323. The van der Waals surface area contributed by atoms with Crippen molar-refractivity contribution in [2.45, 2.75) is 26.2 Å². The van der Waals surface area contributed by atoms with E-state index in [4.69, 9.17) is 4.74 Å². The number of pyridine rings is 1. The van der Waals surface area contributed by atoms with Crippen LogP contribution in [0.1, 0.15) is 25.0 Å². The molecular formula is C11H16BrNO. The molecule has 1 aromatic rings. The van der Waals surface area contributed by atoms with Gasteiger partial charge in [0.25, 0.3) is 0 Å². The molecule has 0 saturated heterocycles. The molecule has 78 valence electrons. The summed E-state index contributed by atoms with van der Waals surface area (Å²) in [6.45, 7) is 6.38. The molecule has 0 aliphatic heterocycles. The van der Waals surface area contributed by atoms with E-state index in [1.807, 2.05) is 13.1 Å². The van der Waals surface area contributed by atoms with Gasteiger partial charge >= 0.3 is 0 Å². The van der Waals surface area contributed by atoms with E-state index in [9.17, 15) is 0 Å². The Hall–Kier alpha value is -0.570. The number of hydrogen-bond donors (Lipinski definition) is 0. The van der Waals surface area contributed by atoms with E-state index in [-0.39, 0.29) is 5.41 Å². The number of methoxy groups -OCH3 is 1. The van der Waals surface area contributed by atoms with Gasteiger partial charge in [-0.2, -0.15) is 0 Å². The second kappa shape index (κ2) is 4.30. The van der Waals surface area contributed by atoms with Crippen molar-refractivity contribution < 1.29 is 4.74 Å².